The normalized spacial score (nSPS) is 13.6. The summed E-state index contributed by atoms with van der Waals surface area (Å²) in [5, 5.41) is 2.82. The number of carbonyl (C=O) groups is 2. The summed E-state index contributed by atoms with van der Waals surface area (Å²) in [6, 6.07) is 0. The number of esters is 2. The molecule has 0 saturated heterocycles. The lowest BCUT2D eigenvalue weighted by atomic mass is 10.1. The number of rotatable bonds is 41. The lowest BCUT2D eigenvalue weighted by Crippen LogP contribution is -2.29. The molecule has 2 N–H and O–H groups in total. The highest BCUT2D eigenvalue weighted by atomic mass is 31.2. The van der Waals surface area contributed by atoms with Crippen LogP contribution in [-0.4, -0.2) is 56.3 Å². The monoisotopic (exact) mass is 784 g/mol. The molecule has 54 heavy (non-hydrogen) atoms. The van der Waals surface area contributed by atoms with Crippen LogP contribution in [0.3, 0.4) is 0 Å². The van der Waals surface area contributed by atoms with Gasteiger partial charge in [-0.2, -0.15) is 0 Å². The van der Waals surface area contributed by atoms with Gasteiger partial charge in [0.25, 0.3) is 0 Å². The van der Waals surface area contributed by atoms with Crippen molar-refractivity contribution < 1.29 is 37.6 Å². The summed E-state index contributed by atoms with van der Waals surface area (Å²) >= 11 is 0. The van der Waals surface area contributed by atoms with Crippen LogP contribution < -0.4 is 5.32 Å². The molecular weight excluding hydrogens is 701 g/mol. The lowest BCUT2D eigenvalue weighted by molar-refractivity contribution is -0.161. The van der Waals surface area contributed by atoms with E-state index in [-0.39, 0.29) is 32.0 Å². The summed E-state index contributed by atoms with van der Waals surface area (Å²) < 4.78 is 33.2. The maximum atomic E-state index is 12.6. The van der Waals surface area contributed by atoms with E-state index in [1.807, 2.05) is 0 Å². The molecule has 10 heteroatoms. The molecule has 0 aliphatic rings. The number of carbonyl (C=O) groups excluding carboxylic acids is 2. The van der Waals surface area contributed by atoms with Crippen molar-refractivity contribution in [3.63, 3.8) is 0 Å². The topological polar surface area (TPSA) is 120 Å². The summed E-state index contributed by atoms with van der Waals surface area (Å²) in [6.07, 6.45) is 43.2. The van der Waals surface area contributed by atoms with Crippen LogP contribution in [0.25, 0.3) is 0 Å². The first-order chi connectivity index (χ1) is 26.3. The van der Waals surface area contributed by atoms with Gasteiger partial charge in [-0.25, -0.2) is 4.57 Å². The predicted octanol–water partition coefficient (Wildman–Crippen LogP) is 12.4. The van der Waals surface area contributed by atoms with Crippen molar-refractivity contribution in [3.05, 3.63) is 36.5 Å². The first-order valence-corrected chi connectivity index (χ1v) is 23.4. The number of unbranched alkanes of at least 4 members (excludes halogenated alkanes) is 21. The van der Waals surface area contributed by atoms with Gasteiger partial charge >= 0.3 is 19.8 Å². The second-order valence-corrected chi connectivity index (χ2v) is 16.0. The molecule has 9 nitrogen and oxygen atoms in total. The summed E-state index contributed by atoms with van der Waals surface area (Å²) in [7, 11) is -2.65. The molecule has 0 heterocycles. The van der Waals surface area contributed by atoms with Gasteiger partial charge in [0.05, 0.1) is 13.2 Å². The molecule has 2 atom stereocenters. The number of nitrogens with one attached hydrogen (secondary N) is 1. The summed E-state index contributed by atoms with van der Waals surface area (Å²) in [5.41, 5.74) is 0. The number of allylic oxidation sites excluding steroid dienone is 6. The van der Waals surface area contributed by atoms with Crippen LogP contribution in [0.4, 0.5) is 0 Å². The van der Waals surface area contributed by atoms with Crippen LogP contribution in [0.1, 0.15) is 194 Å². The van der Waals surface area contributed by atoms with Crippen LogP contribution >= 0.6 is 7.82 Å². The van der Waals surface area contributed by atoms with Gasteiger partial charge in [-0.05, 0) is 77.7 Å². The Balaban J connectivity index is 4.24. The Hall–Kier alpha value is -1.77. The van der Waals surface area contributed by atoms with Gasteiger partial charge in [-0.15, -0.1) is 0 Å². The molecule has 0 aliphatic heterocycles. The first-order valence-electron chi connectivity index (χ1n) is 21.9. The van der Waals surface area contributed by atoms with Gasteiger partial charge in [0.15, 0.2) is 6.10 Å². The molecular formula is C44H82NO8P. The first kappa shape index (κ1) is 52.2. The van der Waals surface area contributed by atoms with Crippen molar-refractivity contribution in [1.82, 2.24) is 5.32 Å². The highest BCUT2D eigenvalue weighted by Gasteiger charge is 2.26. The number of hydrogen-bond acceptors (Lipinski definition) is 8. The van der Waals surface area contributed by atoms with Crippen molar-refractivity contribution in [2.75, 3.05) is 33.4 Å². The highest BCUT2D eigenvalue weighted by molar-refractivity contribution is 7.47. The minimum atomic E-state index is -4.35. The van der Waals surface area contributed by atoms with E-state index >= 15 is 0 Å². The second kappa shape index (κ2) is 40.9. The Bertz CT molecular complexity index is 986. The fourth-order valence-electron chi connectivity index (χ4n) is 5.87. The van der Waals surface area contributed by atoms with Crippen molar-refractivity contribution in [2.24, 2.45) is 0 Å². The molecule has 316 valence electrons. The van der Waals surface area contributed by atoms with Crippen molar-refractivity contribution in [1.29, 1.82) is 0 Å². The minimum Gasteiger partial charge on any atom is -0.462 e. The van der Waals surface area contributed by atoms with E-state index in [0.717, 1.165) is 70.6 Å². The molecule has 0 aromatic heterocycles. The molecule has 0 amide bonds. The number of hydrogen-bond donors (Lipinski definition) is 2. The predicted molar refractivity (Wildman–Crippen MR) is 225 cm³/mol. The minimum absolute atomic E-state index is 0.0199. The molecule has 0 rings (SSSR count). The Labute approximate surface area is 331 Å². The van der Waals surface area contributed by atoms with Gasteiger partial charge in [0, 0.05) is 19.4 Å². The number of phosphoric ester groups is 1. The summed E-state index contributed by atoms with van der Waals surface area (Å²) in [4.78, 5) is 35.0. The van der Waals surface area contributed by atoms with Crippen LogP contribution in [0.5, 0.6) is 0 Å². The molecule has 0 saturated carbocycles. The van der Waals surface area contributed by atoms with Crippen LogP contribution in [0.15, 0.2) is 36.5 Å². The van der Waals surface area contributed by atoms with Crippen molar-refractivity contribution >= 4 is 19.8 Å². The van der Waals surface area contributed by atoms with Gasteiger partial charge < -0.3 is 19.7 Å². The molecule has 0 aromatic rings. The molecule has 0 aromatic carbocycles. The van der Waals surface area contributed by atoms with E-state index in [1.165, 1.54) is 89.9 Å². The van der Waals surface area contributed by atoms with Crippen LogP contribution in [0, 0.1) is 0 Å². The molecule has 2 unspecified atom stereocenters. The molecule has 0 spiro atoms. The number of ether oxygens (including phenoxy) is 2. The number of likely N-dealkylation sites (N-methyl/N-ethyl adjacent to an activating group) is 1. The Morgan fingerprint density at radius 1 is 0.574 bits per heavy atom. The van der Waals surface area contributed by atoms with Gasteiger partial charge in [0.2, 0.25) is 0 Å². The van der Waals surface area contributed by atoms with E-state index in [4.69, 9.17) is 18.5 Å². The zero-order valence-corrected chi connectivity index (χ0v) is 35.8. The van der Waals surface area contributed by atoms with E-state index in [9.17, 15) is 19.0 Å². The lowest BCUT2D eigenvalue weighted by Gasteiger charge is -2.20. The summed E-state index contributed by atoms with van der Waals surface area (Å²) in [6.45, 7) is 4.18. The van der Waals surface area contributed by atoms with Crippen LogP contribution in [-0.2, 0) is 32.7 Å². The van der Waals surface area contributed by atoms with E-state index in [2.05, 4.69) is 55.6 Å². The third-order valence-corrected chi connectivity index (χ3v) is 10.2. The van der Waals surface area contributed by atoms with Gasteiger partial charge in [-0.3, -0.25) is 18.6 Å². The maximum absolute atomic E-state index is 12.6. The highest BCUT2D eigenvalue weighted by Crippen LogP contribution is 2.43. The average Bonchev–Trinajstić information content (AvgIpc) is 3.15. The molecule has 0 bridgehead atoms. The Morgan fingerprint density at radius 2 is 1.00 bits per heavy atom. The second-order valence-electron chi connectivity index (χ2n) is 14.5. The standard InChI is InChI=1S/C44H82NO8P/c1-4-6-8-10-12-14-16-18-20-21-23-24-26-28-30-32-34-36-43(46)50-40-42(41-52-54(48,49)51-39-38-45-3)53-44(47)37-35-33-31-29-27-25-22-19-17-15-13-11-9-7-5-2/h12,14,18-20,22,42,45H,4-11,13,15-17,21,23-41H2,1-3H3,(H,48,49)/b14-12-,20-18-,22-19-. The Morgan fingerprint density at radius 3 is 1.52 bits per heavy atom. The fourth-order valence-corrected chi connectivity index (χ4v) is 6.62. The zero-order chi connectivity index (χ0) is 39.6. The smallest absolute Gasteiger partial charge is 0.462 e. The van der Waals surface area contributed by atoms with E-state index < -0.39 is 26.5 Å². The number of phosphoric acid groups is 1. The Kier molecular flexibility index (Phi) is 39.5. The third kappa shape index (κ3) is 39.9. The average molecular weight is 784 g/mol. The van der Waals surface area contributed by atoms with Crippen LogP contribution in [0.2, 0.25) is 0 Å². The van der Waals surface area contributed by atoms with Crippen molar-refractivity contribution in [2.45, 2.75) is 200 Å². The maximum Gasteiger partial charge on any atom is 0.472 e. The zero-order valence-electron chi connectivity index (χ0n) is 34.9. The summed E-state index contributed by atoms with van der Waals surface area (Å²) in [5.74, 6) is -0.823. The molecule has 0 aliphatic carbocycles. The van der Waals surface area contributed by atoms with Crippen molar-refractivity contribution in [3.8, 4) is 0 Å². The molecule has 0 fully saturated rings. The van der Waals surface area contributed by atoms with Gasteiger partial charge in [0.1, 0.15) is 6.61 Å². The fraction of sp³-hybridized carbons (Fsp3) is 0.818. The van der Waals surface area contributed by atoms with E-state index in [1.54, 1.807) is 7.05 Å². The molecule has 0 radical (unpaired) electrons. The quantitative estimate of drug-likeness (QED) is 0.0270. The van der Waals surface area contributed by atoms with E-state index in [0.29, 0.717) is 13.0 Å². The van der Waals surface area contributed by atoms with Gasteiger partial charge in [-0.1, -0.05) is 147 Å². The SMILES string of the molecule is CCCCC/C=C\C/C=C\CCCCCCCCCC(=O)OCC(COP(=O)(O)OCCNC)OC(=O)CCCCCCC/C=C\CCCCCCCC. The largest absolute Gasteiger partial charge is 0.472 e. The third-order valence-electron chi connectivity index (χ3n) is 9.23.